The van der Waals surface area contributed by atoms with Crippen molar-refractivity contribution in [1.29, 1.82) is 0 Å². The van der Waals surface area contributed by atoms with Crippen LogP contribution in [-0.4, -0.2) is 48.4 Å². The summed E-state index contributed by atoms with van der Waals surface area (Å²) < 4.78 is 5.90. The fourth-order valence-electron chi connectivity index (χ4n) is 4.39. The zero-order valence-electron chi connectivity index (χ0n) is 15.4. The summed E-state index contributed by atoms with van der Waals surface area (Å²) in [6, 6.07) is 13.8. The van der Waals surface area contributed by atoms with Crippen molar-refractivity contribution < 1.29 is 14.6 Å². The van der Waals surface area contributed by atoms with Gasteiger partial charge in [0.25, 0.3) is 0 Å². The van der Waals surface area contributed by atoms with Crippen LogP contribution in [0, 0.1) is 0 Å². The maximum Gasteiger partial charge on any atom is 0.407 e. The van der Waals surface area contributed by atoms with Crippen LogP contribution in [0.4, 0.5) is 10.5 Å². The summed E-state index contributed by atoms with van der Waals surface area (Å²) in [5, 5.41) is 10.5. The van der Waals surface area contributed by atoms with E-state index < -0.39 is 6.09 Å². The lowest BCUT2D eigenvalue weighted by Crippen LogP contribution is -2.38. The van der Waals surface area contributed by atoms with Crippen LogP contribution in [0.3, 0.4) is 0 Å². The molecule has 1 amide bonds. The molecule has 1 N–H and O–H groups in total. The number of benzene rings is 2. The fourth-order valence-corrected chi connectivity index (χ4v) is 4.86. The third kappa shape index (κ3) is 3.61. The van der Waals surface area contributed by atoms with Crippen molar-refractivity contribution in [3.8, 4) is 5.75 Å². The van der Waals surface area contributed by atoms with Gasteiger partial charge in [0.2, 0.25) is 0 Å². The van der Waals surface area contributed by atoms with Crippen molar-refractivity contribution >= 4 is 35.0 Å². The highest BCUT2D eigenvalue weighted by atomic mass is 35.5. The first-order valence-electron chi connectivity index (χ1n) is 9.46. The van der Waals surface area contributed by atoms with Gasteiger partial charge in [-0.25, -0.2) is 4.79 Å². The van der Waals surface area contributed by atoms with E-state index in [9.17, 15) is 9.90 Å². The Labute approximate surface area is 174 Å². The van der Waals surface area contributed by atoms with Gasteiger partial charge in [0.15, 0.2) is 0 Å². The van der Waals surface area contributed by atoms with Crippen molar-refractivity contribution in [1.82, 2.24) is 4.90 Å². The Balaban J connectivity index is 1.58. The monoisotopic (exact) mass is 420 g/mol. The number of anilines is 1. The van der Waals surface area contributed by atoms with Crippen LogP contribution in [0.5, 0.6) is 5.75 Å². The second-order valence-corrected chi connectivity index (χ2v) is 7.96. The highest BCUT2D eigenvalue weighted by molar-refractivity contribution is 6.42. The summed E-state index contributed by atoms with van der Waals surface area (Å²) in [7, 11) is 0. The van der Waals surface area contributed by atoms with Gasteiger partial charge < -0.3 is 19.6 Å². The summed E-state index contributed by atoms with van der Waals surface area (Å²) in [6.07, 6.45) is 0.627. The Morgan fingerprint density at radius 2 is 1.86 bits per heavy atom. The number of para-hydroxylation sites is 1. The number of carboxylic acid groups (broad SMARTS) is 1. The van der Waals surface area contributed by atoms with Crippen LogP contribution in [0.2, 0.25) is 10.0 Å². The Morgan fingerprint density at radius 3 is 2.61 bits per heavy atom. The average molecular weight is 421 g/mol. The zero-order chi connectivity index (χ0) is 19.7. The van der Waals surface area contributed by atoms with Crippen molar-refractivity contribution in [3.63, 3.8) is 0 Å². The molecule has 2 unspecified atom stereocenters. The molecule has 28 heavy (non-hydrogen) atoms. The molecule has 0 radical (unpaired) electrons. The van der Waals surface area contributed by atoms with E-state index in [1.807, 2.05) is 42.5 Å². The van der Waals surface area contributed by atoms with Crippen LogP contribution in [0.15, 0.2) is 42.5 Å². The minimum atomic E-state index is -0.864. The molecule has 2 aromatic carbocycles. The molecule has 2 aliphatic heterocycles. The average Bonchev–Trinajstić information content (AvgIpc) is 2.84. The first-order valence-corrected chi connectivity index (χ1v) is 10.2. The normalized spacial score (nSPS) is 21.1. The second-order valence-electron chi connectivity index (χ2n) is 7.17. The fraction of sp³-hybridized carbons (Fsp3) is 0.381. The molecule has 7 heteroatoms. The number of likely N-dealkylation sites (tertiary alicyclic amines) is 1. The molecule has 5 nitrogen and oxygen atoms in total. The van der Waals surface area contributed by atoms with Gasteiger partial charge in [-0.3, -0.25) is 0 Å². The molecule has 148 valence electrons. The van der Waals surface area contributed by atoms with E-state index in [2.05, 4.69) is 4.90 Å². The van der Waals surface area contributed by atoms with Gasteiger partial charge in [0.05, 0.1) is 16.6 Å². The number of amides is 1. The molecule has 0 saturated carbocycles. The van der Waals surface area contributed by atoms with E-state index in [-0.39, 0.29) is 12.0 Å². The minimum Gasteiger partial charge on any atom is -0.492 e. The Hall–Kier alpha value is -2.11. The van der Waals surface area contributed by atoms with Gasteiger partial charge in [0, 0.05) is 36.3 Å². The molecule has 0 bridgehead atoms. The van der Waals surface area contributed by atoms with Crippen molar-refractivity contribution in [2.75, 3.05) is 31.1 Å². The minimum absolute atomic E-state index is 0.169. The molecule has 0 aliphatic carbocycles. The topological polar surface area (TPSA) is 53.0 Å². The van der Waals surface area contributed by atoms with Gasteiger partial charge in [0.1, 0.15) is 12.4 Å². The summed E-state index contributed by atoms with van der Waals surface area (Å²) in [5.74, 6) is 1.01. The standard InChI is InChI=1S/C21H22Cl2N2O3/c22-16-6-7-18-19(20(16)23)15-8-10-24(21(26)27)11-9-17(15)25(18)12-13-28-14-4-2-1-3-5-14/h1-7,15,17H,8-13H2,(H,26,27). The zero-order valence-corrected chi connectivity index (χ0v) is 16.9. The predicted molar refractivity (Wildman–Crippen MR) is 111 cm³/mol. The number of fused-ring (bicyclic) bond motifs is 3. The molecule has 0 spiro atoms. The molecular weight excluding hydrogens is 399 g/mol. The Morgan fingerprint density at radius 1 is 1.11 bits per heavy atom. The Kier molecular flexibility index (Phi) is 5.56. The number of nitrogens with zero attached hydrogens (tertiary/aromatic N) is 2. The molecule has 2 atom stereocenters. The molecule has 2 aliphatic rings. The van der Waals surface area contributed by atoms with Crippen LogP contribution in [0.1, 0.15) is 24.3 Å². The maximum absolute atomic E-state index is 11.4. The van der Waals surface area contributed by atoms with E-state index in [4.69, 9.17) is 27.9 Å². The van der Waals surface area contributed by atoms with Gasteiger partial charge >= 0.3 is 6.09 Å². The highest BCUT2D eigenvalue weighted by Crippen LogP contribution is 2.50. The Bertz CT molecular complexity index is 862. The van der Waals surface area contributed by atoms with E-state index in [0.29, 0.717) is 36.3 Å². The maximum atomic E-state index is 11.4. The highest BCUT2D eigenvalue weighted by Gasteiger charge is 2.42. The summed E-state index contributed by atoms with van der Waals surface area (Å²) >= 11 is 12.9. The molecule has 2 heterocycles. The molecule has 1 fully saturated rings. The van der Waals surface area contributed by atoms with Crippen LogP contribution >= 0.6 is 23.2 Å². The smallest absolute Gasteiger partial charge is 0.407 e. The third-order valence-corrected chi connectivity index (χ3v) is 6.49. The van der Waals surface area contributed by atoms with E-state index in [0.717, 1.165) is 29.8 Å². The second kappa shape index (κ2) is 8.10. The van der Waals surface area contributed by atoms with Gasteiger partial charge in [-0.15, -0.1) is 0 Å². The lowest BCUT2D eigenvalue weighted by atomic mass is 9.91. The van der Waals surface area contributed by atoms with E-state index in [1.54, 1.807) is 0 Å². The number of halogens is 2. The molecule has 4 rings (SSSR count). The lowest BCUT2D eigenvalue weighted by molar-refractivity contribution is 0.146. The number of carbonyl (C=O) groups is 1. The summed E-state index contributed by atoms with van der Waals surface area (Å²) in [6.45, 7) is 2.27. The van der Waals surface area contributed by atoms with Crippen molar-refractivity contribution in [3.05, 3.63) is 58.1 Å². The van der Waals surface area contributed by atoms with Crippen molar-refractivity contribution in [2.45, 2.75) is 24.8 Å². The van der Waals surface area contributed by atoms with Gasteiger partial charge in [-0.05, 0) is 37.1 Å². The lowest BCUT2D eigenvalue weighted by Gasteiger charge is -2.29. The van der Waals surface area contributed by atoms with E-state index >= 15 is 0 Å². The number of hydrogen-bond donors (Lipinski definition) is 1. The SMILES string of the molecule is O=C(O)N1CCC2c3c(ccc(Cl)c3Cl)N(CCOc3ccccc3)C2CC1. The molecular formula is C21H22Cl2N2O3. The third-order valence-electron chi connectivity index (χ3n) is 5.67. The largest absolute Gasteiger partial charge is 0.492 e. The molecule has 2 aromatic rings. The predicted octanol–water partition coefficient (Wildman–Crippen LogP) is 5.12. The summed E-state index contributed by atoms with van der Waals surface area (Å²) in [5.41, 5.74) is 2.14. The molecule has 1 saturated heterocycles. The molecule has 0 aromatic heterocycles. The van der Waals surface area contributed by atoms with Gasteiger partial charge in [-0.2, -0.15) is 0 Å². The number of ether oxygens (including phenoxy) is 1. The number of rotatable bonds is 4. The van der Waals surface area contributed by atoms with Crippen molar-refractivity contribution in [2.24, 2.45) is 0 Å². The van der Waals surface area contributed by atoms with Crippen LogP contribution < -0.4 is 9.64 Å². The number of hydrogen-bond acceptors (Lipinski definition) is 3. The van der Waals surface area contributed by atoms with E-state index in [1.165, 1.54) is 4.90 Å². The quantitative estimate of drug-likeness (QED) is 0.745. The first kappa shape index (κ1) is 19.2. The van der Waals surface area contributed by atoms with Crippen LogP contribution in [0.25, 0.3) is 0 Å². The van der Waals surface area contributed by atoms with Crippen LogP contribution in [-0.2, 0) is 0 Å². The van der Waals surface area contributed by atoms with Gasteiger partial charge in [-0.1, -0.05) is 41.4 Å². The first-order chi connectivity index (χ1) is 13.6. The summed E-state index contributed by atoms with van der Waals surface area (Å²) in [4.78, 5) is 15.3.